The number of benzene rings is 1. The average Bonchev–Trinajstić information content (AvgIpc) is 2.17. The molecule has 1 aromatic carbocycles. The van der Waals surface area contributed by atoms with E-state index in [9.17, 15) is 17.6 Å². The topological polar surface area (TPSA) is 12.9 Å². The van der Waals surface area contributed by atoms with Crippen molar-refractivity contribution in [2.75, 3.05) is 0 Å². The van der Waals surface area contributed by atoms with Crippen molar-refractivity contribution < 1.29 is 17.6 Å². The Bertz CT molecular complexity index is 595. The van der Waals surface area contributed by atoms with E-state index in [4.69, 9.17) is 23.2 Å². The van der Waals surface area contributed by atoms with Gasteiger partial charge in [0.05, 0.1) is 5.02 Å². The van der Waals surface area contributed by atoms with E-state index in [2.05, 4.69) is 4.98 Å². The lowest BCUT2D eigenvalue weighted by atomic mass is 10.2. The first kappa shape index (κ1) is 12.4. The van der Waals surface area contributed by atoms with Gasteiger partial charge in [0.15, 0.2) is 5.82 Å². The largest absolute Gasteiger partial charge is 0.433 e. The summed E-state index contributed by atoms with van der Waals surface area (Å²) >= 11 is 11.2. The van der Waals surface area contributed by atoms with Crippen LogP contribution >= 0.6 is 23.2 Å². The summed E-state index contributed by atoms with van der Waals surface area (Å²) < 4.78 is 50.7. The van der Waals surface area contributed by atoms with Crippen LogP contribution in [0.1, 0.15) is 5.69 Å². The van der Waals surface area contributed by atoms with Crippen molar-refractivity contribution in [2.45, 2.75) is 6.18 Å². The van der Waals surface area contributed by atoms with Crippen LogP contribution in [0.15, 0.2) is 18.2 Å². The van der Waals surface area contributed by atoms with Crippen molar-refractivity contribution >= 4 is 34.1 Å². The fourth-order valence-electron chi connectivity index (χ4n) is 1.36. The first-order valence-electron chi connectivity index (χ1n) is 4.31. The molecule has 0 radical (unpaired) electrons. The summed E-state index contributed by atoms with van der Waals surface area (Å²) in [6.07, 6.45) is -4.68. The number of aromatic nitrogens is 1. The average molecular weight is 284 g/mol. The second kappa shape index (κ2) is 3.99. The number of halogens is 6. The van der Waals surface area contributed by atoms with Crippen molar-refractivity contribution in [1.82, 2.24) is 4.98 Å². The summed E-state index contributed by atoms with van der Waals surface area (Å²) in [6, 6.07) is 2.78. The Kier molecular flexibility index (Phi) is 2.91. The lowest BCUT2D eigenvalue weighted by molar-refractivity contribution is -0.140. The monoisotopic (exact) mass is 283 g/mol. The summed E-state index contributed by atoms with van der Waals surface area (Å²) in [5, 5.41) is -0.160. The zero-order valence-electron chi connectivity index (χ0n) is 7.95. The van der Waals surface area contributed by atoms with Gasteiger partial charge in [0.2, 0.25) is 0 Å². The molecule has 0 spiro atoms. The number of hydrogen-bond donors (Lipinski definition) is 0. The quantitative estimate of drug-likeness (QED) is 0.639. The fraction of sp³-hybridized carbons (Fsp3) is 0.100. The third kappa shape index (κ3) is 2.30. The van der Waals surface area contributed by atoms with E-state index >= 15 is 0 Å². The molecule has 7 heteroatoms. The standard InChI is InChI=1S/C10H3Cl2F4N/c11-4-1-5-6(12)3-8(10(14,15)16)17-9(5)7(13)2-4/h1-3H. The lowest BCUT2D eigenvalue weighted by Crippen LogP contribution is -2.08. The molecule has 90 valence electrons. The van der Waals surface area contributed by atoms with Crippen LogP contribution in [-0.2, 0) is 6.18 Å². The molecule has 1 nitrogen and oxygen atoms in total. The van der Waals surface area contributed by atoms with Gasteiger partial charge in [-0.1, -0.05) is 23.2 Å². The maximum absolute atomic E-state index is 13.4. The highest BCUT2D eigenvalue weighted by molar-refractivity contribution is 6.36. The Hall–Kier alpha value is -1.07. The first-order chi connectivity index (χ1) is 7.79. The Labute approximate surface area is 103 Å². The molecule has 0 fully saturated rings. The van der Waals surface area contributed by atoms with Gasteiger partial charge >= 0.3 is 6.18 Å². The van der Waals surface area contributed by atoms with Crippen molar-refractivity contribution in [3.63, 3.8) is 0 Å². The molecule has 1 heterocycles. The molecule has 17 heavy (non-hydrogen) atoms. The van der Waals surface area contributed by atoms with Gasteiger partial charge in [-0.05, 0) is 18.2 Å². The first-order valence-corrected chi connectivity index (χ1v) is 5.07. The lowest BCUT2D eigenvalue weighted by Gasteiger charge is -2.09. The van der Waals surface area contributed by atoms with Crippen molar-refractivity contribution in [1.29, 1.82) is 0 Å². The number of alkyl halides is 3. The van der Waals surface area contributed by atoms with Crippen LogP contribution < -0.4 is 0 Å². The summed E-state index contributed by atoms with van der Waals surface area (Å²) in [4.78, 5) is 3.20. The Morgan fingerprint density at radius 3 is 2.29 bits per heavy atom. The van der Waals surface area contributed by atoms with Crippen LogP contribution in [0, 0.1) is 5.82 Å². The third-order valence-electron chi connectivity index (χ3n) is 2.07. The second-order valence-corrected chi connectivity index (χ2v) is 4.11. The van der Waals surface area contributed by atoms with Crippen LogP contribution in [0.5, 0.6) is 0 Å². The normalized spacial score (nSPS) is 12.1. The molecule has 0 bridgehead atoms. The Morgan fingerprint density at radius 1 is 1.06 bits per heavy atom. The number of fused-ring (bicyclic) bond motifs is 1. The van der Waals surface area contributed by atoms with Crippen LogP contribution in [0.25, 0.3) is 10.9 Å². The van der Waals surface area contributed by atoms with E-state index in [0.29, 0.717) is 6.07 Å². The van der Waals surface area contributed by atoms with Gasteiger partial charge in [-0.2, -0.15) is 13.2 Å². The third-order valence-corrected chi connectivity index (χ3v) is 2.60. The number of pyridine rings is 1. The van der Waals surface area contributed by atoms with Gasteiger partial charge in [-0.3, -0.25) is 0 Å². The highest BCUT2D eigenvalue weighted by Crippen LogP contribution is 2.34. The highest BCUT2D eigenvalue weighted by Gasteiger charge is 2.33. The minimum absolute atomic E-state index is 0.0402. The van der Waals surface area contributed by atoms with Gasteiger partial charge in [0.1, 0.15) is 11.2 Å². The van der Waals surface area contributed by atoms with Crippen molar-refractivity contribution in [3.8, 4) is 0 Å². The van der Waals surface area contributed by atoms with Gasteiger partial charge < -0.3 is 0 Å². The van der Waals surface area contributed by atoms with Crippen molar-refractivity contribution in [3.05, 3.63) is 39.8 Å². The van der Waals surface area contributed by atoms with E-state index in [-0.39, 0.29) is 15.4 Å². The number of rotatable bonds is 0. The zero-order valence-corrected chi connectivity index (χ0v) is 9.46. The maximum Gasteiger partial charge on any atom is 0.433 e. The molecule has 0 atom stereocenters. The molecule has 1 aromatic heterocycles. The predicted molar refractivity (Wildman–Crippen MR) is 56.7 cm³/mol. The second-order valence-electron chi connectivity index (χ2n) is 3.27. The summed E-state index contributed by atoms with van der Waals surface area (Å²) in [5.74, 6) is -0.944. The molecule has 0 aliphatic rings. The summed E-state index contributed by atoms with van der Waals surface area (Å²) in [6.45, 7) is 0. The van der Waals surface area contributed by atoms with Crippen LogP contribution in [-0.4, -0.2) is 4.98 Å². The molecular formula is C10H3Cl2F4N. The van der Waals surface area contributed by atoms with Gasteiger partial charge in [0, 0.05) is 10.4 Å². The minimum atomic E-state index is -4.68. The van der Waals surface area contributed by atoms with E-state index in [1.54, 1.807) is 0 Å². The van der Waals surface area contributed by atoms with Gasteiger partial charge in [-0.25, -0.2) is 9.37 Å². The summed E-state index contributed by atoms with van der Waals surface area (Å²) in [7, 11) is 0. The zero-order chi connectivity index (χ0) is 12.8. The number of nitrogens with zero attached hydrogens (tertiary/aromatic N) is 1. The highest BCUT2D eigenvalue weighted by atomic mass is 35.5. The SMILES string of the molecule is Fc1cc(Cl)cc2c(Cl)cc(C(F)(F)F)nc12. The molecule has 0 saturated carbocycles. The fourth-order valence-corrected chi connectivity index (χ4v) is 1.81. The van der Waals surface area contributed by atoms with Crippen LogP contribution in [0.3, 0.4) is 0 Å². The molecule has 2 rings (SSSR count). The van der Waals surface area contributed by atoms with Gasteiger partial charge in [-0.15, -0.1) is 0 Å². The Balaban J connectivity index is 2.83. The van der Waals surface area contributed by atoms with E-state index < -0.39 is 23.2 Å². The number of hydrogen-bond acceptors (Lipinski definition) is 1. The van der Waals surface area contributed by atoms with Crippen LogP contribution in [0.4, 0.5) is 17.6 Å². The van der Waals surface area contributed by atoms with E-state index in [1.807, 2.05) is 0 Å². The predicted octanol–water partition coefficient (Wildman–Crippen LogP) is 4.70. The Morgan fingerprint density at radius 2 is 1.71 bits per heavy atom. The molecule has 0 N–H and O–H groups in total. The van der Waals surface area contributed by atoms with Gasteiger partial charge in [0.25, 0.3) is 0 Å². The smallest absolute Gasteiger partial charge is 0.240 e. The molecule has 0 unspecified atom stereocenters. The van der Waals surface area contributed by atoms with E-state index in [1.165, 1.54) is 6.07 Å². The minimum Gasteiger partial charge on any atom is -0.240 e. The maximum atomic E-state index is 13.4. The molecule has 0 aliphatic heterocycles. The van der Waals surface area contributed by atoms with Crippen LogP contribution in [0.2, 0.25) is 10.0 Å². The molecule has 0 aliphatic carbocycles. The molecule has 0 saturated heterocycles. The van der Waals surface area contributed by atoms with E-state index in [0.717, 1.165) is 6.07 Å². The summed E-state index contributed by atoms with van der Waals surface area (Å²) in [5.41, 5.74) is -1.69. The molecule has 0 amide bonds. The van der Waals surface area contributed by atoms with Crippen molar-refractivity contribution in [2.24, 2.45) is 0 Å². The molecular weight excluding hydrogens is 281 g/mol. The molecule has 2 aromatic rings.